The molecule has 0 aromatic heterocycles. The molecule has 0 saturated carbocycles. The summed E-state index contributed by atoms with van der Waals surface area (Å²) in [6, 6.07) is 5.48. The van der Waals surface area contributed by atoms with Gasteiger partial charge in [-0.1, -0.05) is 65.0 Å². The van der Waals surface area contributed by atoms with E-state index < -0.39 is 23.8 Å². The molecule has 36 heavy (non-hydrogen) atoms. The summed E-state index contributed by atoms with van der Waals surface area (Å²) < 4.78 is 5.43. The molecule has 7 heteroatoms. The van der Waals surface area contributed by atoms with Crippen LogP contribution in [0.4, 0.5) is 4.79 Å². The third kappa shape index (κ3) is 9.32. The highest BCUT2D eigenvalue weighted by atomic mass is 16.6. The van der Waals surface area contributed by atoms with E-state index in [1.165, 1.54) is 0 Å². The molecule has 4 atom stereocenters. The maximum absolute atomic E-state index is 14.1. The molecule has 0 aliphatic carbocycles. The molecule has 0 spiro atoms. The first kappa shape index (κ1) is 31.2. The molecule has 0 heterocycles. The van der Waals surface area contributed by atoms with Crippen molar-refractivity contribution in [2.24, 2.45) is 5.92 Å². The van der Waals surface area contributed by atoms with Crippen LogP contribution in [0.1, 0.15) is 98.7 Å². The van der Waals surface area contributed by atoms with Gasteiger partial charge in [-0.15, -0.1) is 0 Å². The summed E-state index contributed by atoms with van der Waals surface area (Å²) in [5.74, 6) is -0.790. The van der Waals surface area contributed by atoms with E-state index in [9.17, 15) is 14.4 Å². The molecule has 1 rings (SSSR count). The summed E-state index contributed by atoms with van der Waals surface area (Å²) in [6.07, 6.45) is 3.45. The lowest BCUT2D eigenvalue weighted by molar-refractivity contribution is -0.146. The third-order valence-electron chi connectivity index (χ3n) is 6.02. The summed E-state index contributed by atoms with van der Waals surface area (Å²) in [7, 11) is 0. The zero-order chi connectivity index (χ0) is 27.6. The van der Waals surface area contributed by atoms with Crippen molar-refractivity contribution in [2.75, 3.05) is 0 Å². The van der Waals surface area contributed by atoms with Crippen molar-refractivity contribution in [2.45, 2.75) is 111 Å². The van der Waals surface area contributed by atoms with Crippen LogP contribution in [0.15, 0.2) is 30.8 Å². The number of nitrogens with zero attached hydrogens (tertiary/aromatic N) is 1. The van der Waals surface area contributed by atoms with Crippen LogP contribution in [-0.2, 0) is 14.3 Å². The third-order valence-corrected chi connectivity index (χ3v) is 6.02. The average Bonchev–Trinajstić information content (AvgIpc) is 2.78. The first-order chi connectivity index (χ1) is 16.7. The Morgan fingerprint density at radius 1 is 1.08 bits per heavy atom. The van der Waals surface area contributed by atoms with E-state index in [1.807, 2.05) is 58.9 Å². The average molecular weight is 502 g/mol. The van der Waals surface area contributed by atoms with E-state index in [0.717, 1.165) is 18.4 Å². The van der Waals surface area contributed by atoms with Gasteiger partial charge in [-0.25, -0.2) is 4.79 Å². The number of alkyl carbamates (subject to hydrolysis) is 1. The second-order valence-electron chi connectivity index (χ2n) is 10.8. The molecule has 2 N–H and O–H groups in total. The molecule has 0 fully saturated rings. The first-order valence-corrected chi connectivity index (χ1v) is 13.1. The van der Waals surface area contributed by atoms with Crippen LogP contribution in [0.25, 0.3) is 6.08 Å². The number of benzene rings is 1. The smallest absolute Gasteiger partial charge is 0.408 e. The molecule has 4 unspecified atom stereocenters. The molecule has 1 aromatic carbocycles. The van der Waals surface area contributed by atoms with Crippen molar-refractivity contribution in [3.8, 4) is 0 Å². The highest BCUT2D eigenvalue weighted by Gasteiger charge is 2.39. The van der Waals surface area contributed by atoms with Crippen LogP contribution < -0.4 is 10.6 Å². The lowest BCUT2D eigenvalue weighted by Crippen LogP contribution is -2.57. The van der Waals surface area contributed by atoms with E-state index >= 15 is 0 Å². The maximum atomic E-state index is 14.1. The van der Waals surface area contributed by atoms with E-state index in [4.69, 9.17) is 4.74 Å². The van der Waals surface area contributed by atoms with Gasteiger partial charge in [0.05, 0.1) is 0 Å². The van der Waals surface area contributed by atoms with Crippen molar-refractivity contribution >= 4 is 24.0 Å². The minimum Gasteiger partial charge on any atom is -0.444 e. The highest BCUT2D eigenvalue weighted by Crippen LogP contribution is 2.28. The molecule has 0 radical (unpaired) electrons. The molecule has 0 aliphatic rings. The van der Waals surface area contributed by atoms with Gasteiger partial charge >= 0.3 is 6.09 Å². The van der Waals surface area contributed by atoms with Crippen molar-refractivity contribution in [1.82, 2.24) is 15.5 Å². The van der Waals surface area contributed by atoms with Gasteiger partial charge in [-0.2, -0.15) is 0 Å². The molecule has 0 saturated heterocycles. The van der Waals surface area contributed by atoms with Gasteiger partial charge in [0.25, 0.3) is 0 Å². The predicted octanol–water partition coefficient (Wildman–Crippen LogP) is 5.85. The van der Waals surface area contributed by atoms with E-state index in [2.05, 4.69) is 24.1 Å². The second kappa shape index (κ2) is 14.0. The quantitative estimate of drug-likeness (QED) is 0.376. The van der Waals surface area contributed by atoms with E-state index in [1.54, 1.807) is 31.7 Å². The molecule has 7 nitrogen and oxygen atoms in total. The Morgan fingerprint density at radius 2 is 1.72 bits per heavy atom. The van der Waals surface area contributed by atoms with Gasteiger partial charge in [-0.3, -0.25) is 9.59 Å². The number of rotatable bonds is 12. The first-order valence-electron chi connectivity index (χ1n) is 13.1. The summed E-state index contributed by atoms with van der Waals surface area (Å²) in [6.45, 7) is 20.8. The van der Waals surface area contributed by atoms with Crippen LogP contribution in [0.3, 0.4) is 0 Å². The zero-order valence-corrected chi connectivity index (χ0v) is 23.7. The van der Waals surface area contributed by atoms with Crippen LogP contribution in [0.2, 0.25) is 0 Å². The van der Waals surface area contributed by atoms with Gasteiger partial charge in [0.2, 0.25) is 11.8 Å². The normalized spacial score (nSPS) is 14.8. The van der Waals surface area contributed by atoms with Crippen LogP contribution >= 0.6 is 0 Å². The minimum absolute atomic E-state index is 0.0396. The van der Waals surface area contributed by atoms with Crippen molar-refractivity contribution < 1.29 is 19.1 Å². The summed E-state index contributed by atoms with van der Waals surface area (Å²) in [4.78, 5) is 42.1. The predicted molar refractivity (Wildman–Crippen MR) is 146 cm³/mol. The van der Waals surface area contributed by atoms with Crippen LogP contribution in [0, 0.1) is 5.92 Å². The molecular weight excluding hydrogens is 454 g/mol. The molecule has 0 aliphatic heterocycles. The van der Waals surface area contributed by atoms with E-state index in [-0.39, 0.29) is 29.8 Å². The van der Waals surface area contributed by atoms with Gasteiger partial charge in [-0.05, 0) is 70.6 Å². The Bertz CT molecular complexity index is 891. The van der Waals surface area contributed by atoms with Gasteiger partial charge in [0.15, 0.2) is 0 Å². The Hall–Kier alpha value is -2.83. The second-order valence-corrected chi connectivity index (χ2v) is 10.8. The van der Waals surface area contributed by atoms with Crippen molar-refractivity contribution in [3.63, 3.8) is 0 Å². The Labute approximate surface area is 218 Å². The molecule has 3 amide bonds. The molecule has 1 aromatic rings. The topological polar surface area (TPSA) is 87.7 Å². The van der Waals surface area contributed by atoms with Gasteiger partial charge in [0.1, 0.15) is 17.7 Å². The van der Waals surface area contributed by atoms with Gasteiger partial charge < -0.3 is 20.3 Å². The fourth-order valence-electron chi connectivity index (χ4n) is 4.03. The molecule has 0 bridgehead atoms. The summed E-state index contributed by atoms with van der Waals surface area (Å²) in [5, 5.41) is 5.86. The number of carbonyl (C=O) groups excluding carboxylic acids is 3. The number of hydrogen-bond donors (Lipinski definition) is 2. The lowest BCUT2D eigenvalue weighted by Gasteiger charge is -2.39. The lowest BCUT2D eigenvalue weighted by atomic mass is 9.95. The van der Waals surface area contributed by atoms with Crippen molar-refractivity contribution in [3.05, 3.63) is 42.0 Å². The summed E-state index contributed by atoms with van der Waals surface area (Å²) in [5.41, 5.74) is 0.853. The fraction of sp³-hybridized carbons (Fsp3) is 0.621. The van der Waals surface area contributed by atoms with Crippen LogP contribution in [-0.4, -0.2) is 46.5 Å². The number of hydrogen-bond acceptors (Lipinski definition) is 4. The summed E-state index contributed by atoms with van der Waals surface area (Å²) >= 11 is 0. The SMILES string of the molecule is C=Cc1cccc(C(C(=O)NC(C)CCC)N(C(=O)C(NC(=O)OC(C)(C)C)C(C)C)C(C)CC)c1. The Morgan fingerprint density at radius 3 is 2.22 bits per heavy atom. The standard InChI is InChI=1S/C29H47N3O4/c1-11-15-20(6)30-26(33)25(23-17-14-16-22(13-3)18-23)32(21(7)12-2)27(34)24(19(4)5)31-28(35)36-29(8,9)10/h13-14,16-21,24-25H,3,11-12,15H2,1-2,4-10H3,(H,30,33)(H,31,35). The highest BCUT2D eigenvalue weighted by molar-refractivity contribution is 5.92. The number of carbonyl (C=O) groups is 3. The monoisotopic (exact) mass is 501 g/mol. The zero-order valence-electron chi connectivity index (χ0n) is 23.7. The minimum atomic E-state index is -0.867. The Kier molecular flexibility index (Phi) is 12.2. The number of ether oxygens (including phenoxy) is 1. The number of amides is 3. The van der Waals surface area contributed by atoms with Crippen LogP contribution in [0.5, 0.6) is 0 Å². The van der Waals surface area contributed by atoms with Crippen molar-refractivity contribution in [1.29, 1.82) is 0 Å². The largest absolute Gasteiger partial charge is 0.444 e. The maximum Gasteiger partial charge on any atom is 0.408 e. The Balaban J connectivity index is 3.56. The van der Waals surface area contributed by atoms with Gasteiger partial charge in [0, 0.05) is 12.1 Å². The number of nitrogens with one attached hydrogen (secondary N) is 2. The van der Waals surface area contributed by atoms with E-state index in [0.29, 0.717) is 12.0 Å². The molecular formula is C29H47N3O4. The fourth-order valence-corrected chi connectivity index (χ4v) is 4.03. The molecule has 202 valence electrons.